The number of benzene rings is 1. The molecule has 2 amide bonds. The second-order valence-corrected chi connectivity index (χ2v) is 5.26. The van der Waals surface area contributed by atoms with Crippen molar-refractivity contribution in [3.05, 3.63) is 29.8 Å². The van der Waals surface area contributed by atoms with E-state index in [1.54, 1.807) is 34.9 Å². The van der Waals surface area contributed by atoms with Crippen LogP contribution in [0.1, 0.15) is 17.3 Å². The lowest BCUT2D eigenvalue weighted by Crippen LogP contribution is -2.50. The largest absolute Gasteiger partial charge is 0.450 e. The second-order valence-electron chi connectivity index (χ2n) is 5.26. The number of nitrogens with one attached hydrogen (secondary N) is 1. The van der Waals surface area contributed by atoms with Crippen LogP contribution < -0.4 is 0 Å². The van der Waals surface area contributed by atoms with Gasteiger partial charge in [-0.15, -0.1) is 10.2 Å². The molecule has 24 heavy (non-hydrogen) atoms. The summed E-state index contributed by atoms with van der Waals surface area (Å²) in [6, 6.07) is 7.14. The molecule has 3 rings (SSSR count). The second kappa shape index (κ2) is 7.07. The average molecular weight is 330 g/mol. The number of ether oxygens (including phenoxy) is 1. The Kier molecular flexibility index (Phi) is 4.69. The Morgan fingerprint density at radius 1 is 1.17 bits per heavy atom. The van der Waals surface area contributed by atoms with Crippen molar-refractivity contribution in [2.45, 2.75) is 6.92 Å². The number of carbonyl (C=O) groups excluding carboxylic acids is 2. The number of rotatable bonds is 3. The molecule has 1 aliphatic rings. The number of amides is 2. The van der Waals surface area contributed by atoms with Gasteiger partial charge in [-0.1, -0.05) is 18.2 Å². The summed E-state index contributed by atoms with van der Waals surface area (Å²) < 4.78 is 4.99. The van der Waals surface area contributed by atoms with Crippen molar-refractivity contribution in [1.82, 2.24) is 30.4 Å². The van der Waals surface area contributed by atoms with Crippen molar-refractivity contribution < 1.29 is 14.3 Å². The summed E-state index contributed by atoms with van der Waals surface area (Å²) in [5.74, 6) is 0.267. The molecule has 9 heteroatoms. The lowest BCUT2D eigenvalue weighted by Gasteiger charge is -2.34. The van der Waals surface area contributed by atoms with Crippen molar-refractivity contribution in [2.75, 3.05) is 32.8 Å². The van der Waals surface area contributed by atoms with Gasteiger partial charge in [-0.2, -0.15) is 5.21 Å². The molecule has 1 aromatic carbocycles. The van der Waals surface area contributed by atoms with Crippen molar-refractivity contribution in [3.63, 3.8) is 0 Å². The molecule has 0 saturated carbocycles. The molecule has 2 heterocycles. The van der Waals surface area contributed by atoms with Crippen LogP contribution in [0.2, 0.25) is 0 Å². The Morgan fingerprint density at radius 3 is 2.54 bits per heavy atom. The highest BCUT2D eigenvalue weighted by Gasteiger charge is 2.27. The van der Waals surface area contributed by atoms with Crippen LogP contribution in [-0.4, -0.2) is 75.2 Å². The number of tetrazole rings is 1. The summed E-state index contributed by atoms with van der Waals surface area (Å²) in [6.07, 6.45) is -0.336. The van der Waals surface area contributed by atoms with Crippen LogP contribution in [-0.2, 0) is 4.74 Å². The maximum Gasteiger partial charge on any atom is 0.409 e. The topological polar surface area (TPSA) is 104 Å². The van der Waals surface area contributed by atoms with Gasteiger partial charge in [0, 0.05) is 31.7 Å². The summed E-state index contributed by atoms with van der Waals surface area (Å²) in [6.45, 7) is 3.93. The van der Waals surface area contributed by atoms with Gasteiger partial charge in [-0.05, 0) is 18.2 Å². The summed E-state index contributed by atoms with van der Waals surface area (Å²) in [4.78, 5) is 27.9. The number of aromatic amines is 1. The predicted octanol–water partition coefficient (Wildman–Crippen LogP) is 0.781. The van der Waals surface area contributed by atoms with E-state index in [-0.39, 0.29) is 12.0 Å². The van der Waals surface area contributed by atoms with Gasteiger partial charge < -0.3 is 14.5 Å². The third-order valence-electron chi connectivity index (χ3n) is 3.84. The Morgan fingerprint density at radius 2 is 1.88 bits per heavy atom. The average Bonchev–Trinajstić information content (AvgIpc) is 3.16. The normalized spacial score (nSPS) is 14.5. The highest BCUT2D eigenvalue weighted by molar-refractivity contribution is 6.00. The molecule has 0 radical (unpaired) electrons. The first-order valence-electron chi connectivity index (χ1n) is 7.74. The molecule has 0 bridgehead atoms. The maximum absolute atomic E-state index is 12.8. The van der Waals surface area contributed by atoms with Crippen LogP contribution in [0.3, 0.4) is 0 Å². The van der Waals surface area contributed by atoms with E-state index >= 15 is 0 Å². The standard InChI is InChI=1S/C15H18N6O3/c1-2-24-15(23)21-9-7-20(8-10-21)14(22)12-6-4-3-5-11(12)13-16-18-19-17-13/h3-6H,2,7-10H2,1H3,(H,16,17,18,19). The predicted molar refractivity (Wildman–Crippen MR) is 84.1 cm³/mol. The zero-order valence-electron chi connectivity index (χ0n) is 13.3. The number of H-pyrrole nitrogens is 1. The highest BCUT2D eigenvalue weighted by Crippen LogP contribution is 2.21. The number of hydrogen-bond donors (Lipinski definition) is 1. The zero-order valence-corrected chi connectivity index (χ0v) is 13.3. The number of aromatic nitrogens is 4. The lowest BCUT2D eigenvalue weighted by molar-refractivity contribution is 0.0571. The van der Waals surface area contributed by atoms with Gasteiger partial charge in [-0.25, -0.2) is 4.79 Å². The first kappa shape index (κ1) is 15.9. The van der Waals surface area contributed by atoms with Gasteiger partial charge in [0.25, 0.3) is 5.91 Å². The monoisotopic (exact) mass is 330 g/mol. The van der Waals surface area contributed by atoms with Gasteiger partial charge in [0.05, 0.1) is 12.2 Å². The highest BCUT2D eigenvalue weighted by atomic mass is 16.6. The van der Waals surface area contributed by atoms with E-state index in [4.69, 9.17) is 4.74 Å². The summed E-state index contributed by atoms with van der Waals surface area (Å²) in [5.41, 5.74) is 1.15. The molecule has 0 unspecified atom stereocenters. The van der Waals surface area contributed by atoms with Crippen LogP contribution in [0, 0.1) is 0 Å². The summed E-state index contributed by atoms with van der Waals surface area (Å²) in [7, 11) is 0. The Hall–Kier alpha value is -2.97. The van der Waals surface area contributed by atoms with Gasteiger partial charge >= 0.3 is 6.09 Å². The van der Waals surface area contributed by atoms with E-state index in [1.165, 1.54) is 0 Å². The van der Waals surface area contributed by atoms with Crippen molar-refractivity contribution in [1.29, 1.82) is 0 Å². The van der Waals surface area contributed by atoms with Gasteiger partial charge in [0.15, 0.2) is 0 Å². The van der Waals surface area contributed by atoms with Crippen LogP contribution in [0.4, 0.5) is 4.79 Å². The Balaban J connectivity index is 1.72. The van der Waals surface area contributed by atoms with Gasteiger partial charge in [0.2, 0.25) is 5.82 Å². The number of nitrogens with zero attached hydrogens (tertiary/aromatic N) is 5. The molecular formula is C15H18N6O3. The van der Waals surface area contributed by atoms with E-state index in [0.29, 0.717) is 49.7 Å². The minimum absolute atomic E-state index is 0.112. The molecule has 1 saturated heterocycles. The Bertz CT molecular complexity index is 710. The minimum atomic E-state index is -0.336. The molecule has 126 valence electrons. The number of piperazine rings is 1. The smallest absolute Gasteiger partial charge is 0.409 e. The first-order chi connectivity index (χ1) is 11.7. The molecular weight excluding hydrogens is 312 g/mol. The summed E-state index contributed by atoms with van der Waals surface area (Å²) in [5, 5.41) is 13.8. The summed E-state index contributed by atoms with van der Waals surface area (Å²) >= 11 is 0. The van der Waals surface area contributed by atoms with E-state index in [0.717, 1.165) is 0 Å². The molecule has 0 atom stereocenters. The van der Waals surface area contributed by atoms with E-state index in [1.807, 2.05) is 6.07 Å². The lowest BCUT2D eigenvalue weighted by atomic mass is 10.1. The molecule has 1 N–H and O–H groups in total. The molecule has 9 nitrogen and oxygen atoms in total. The van der Waals surface area contributed by atoms with Crippen molar-refractivity contribution in [3.8, 4) is 11.4 Å². The fourth-order valence-corrected chi connectivity index (χ4v) is 2.62. The van der Waals surface area contributed by atoms with Gasteiger partial charge in [0.1, 0.15) is 0 Å². The van der Waals surface area contributed by atoms with E-state index < -0.39 is 0 Å². The molecule has 0 spiro atoms. The number of hydrogen-bond acceptors (Lipinski definition) is 6. The van der Waals surface area contributed by atoms with Crippen molar-refractivity contribution in [2.24, 2.45) is 0 Å². The quantitative estimate of drug-likeness (QED) is 0.892. The molecule has 0 aliphatic carbocycles. The van der Waals surface area contributed by atoms with Crippen LogP contribution in [0.25, 0.3) is 11.4 Å². The number of carbonyl (C=O) groups is 2. The maximum atomic E-state index is 12.8. The molecule has 1 aliphatic heterocycles. The minimum Gasteiger partial charge on any atom is -0.450 e. The van der Waals surface area contributed by atoms with E-state index in [2.05, 4.69) is 20.6 Å². The van der Waals surface area contributed by atoms with Crippen molar-refractivity contribution >= 4 is 12.0 Å². The van der Waals surface area contributed by atoms with E-state index in [9.17, 15) is 9.59 Å². The molecule has 2 aromatic rings. The fourth-order valence-electron chi connectivity index (χ4n) is 2.62. The zero-order chi connectivity index (χ0) is 16.9. The first-order valence-corrected chi connectivity index (χ1v) is 7.74. The Labute approximate surface area is 138 Å². The van der Waals surface area contributed by atoms with Crippen LogP contribution in [0.15, 0.2) is 24.3 Å². The van der Waals surface area contributed by atoms with Gasteiger partial charge in [-0.3, -0.25) is 4.79 Å². The molecule has 1 fully saturated rings. The third kappa shape index (κ3) is 3.19. The molecule has 1 aromatic heterocycles. The third-order valence-corrected chi connectivity index (χ3v) is 3.84. The van der Waals surface area contributed by atoms with Crippen LogP contribution >= 0.6 is 0 Å². The fraction of sp³-hybridized carbons (Fsp3) is 0.400. The SMILES string of the molecule is CCOC(=O)N1CCN(C(=O)c2ccccc2-c2nn[nH]n2)CC1. The van der Waals surface area contributed by atoms with Crippen LogP contribution in [0.5, 0.6) is 0 Å².